The molecule has 0 spiro atoms. The van der Waals surface area contributed by atoms with E-state index >= 15 is 0 Å². The molecule has 0 atom stereocenters. The normalized spacial score (nSPS) is 11.2. The van der Waals surface area contributed by atoms with E-state index in [4.69, 9.17) is 5.73 Å². The maximum Gasteiger partial charge on any atom is 0.277 e. The number of benzene rings is 1. The van der Waals surface area contributed by atoms with Crippen molar-refractivity contribution in [1.29, 1.82) is 0 Å². The van der Waals surface area contributed by atoms with Crippen LogP contribution in [0, 0.1) is 15.9 Å². The number of nitrogens with zero attached hydrogens (tertiary/aromatic N) is 1. The van der Waals surface area contributed by atoms with Crippen LogP contribution in [0.5, 0.6) is 0 Å². The number of amides is 1. The molecule has 1 amide bonds. The standard InChI is InChI=1S/C10H10F3N3O3/c11-8-3-6(16(18)19)1-2-7(8)9(17)15-5-10(12,13)4-14/h1-3H,4-5,14H2,(H,15,17). The third-order valence-electron chi connectivity index (χ3n) is 2.21. The molecule has 3 N–H and O–H groups in total. The van der Waals surface area contributed by atoms with Crippen LogP contribution < -0.4 is 11.1 Å². The molecular weight excluding hydrogens is 267 g/mol. The SMILES string of the molecule is NCC(F)(F)CNC(=O)c1ccc([N+](=O)[O-])cc1F. The molecule has 0 bridgehead atoms. The van der Waals surface area contributed by atoms with Gasteiger partial charge in [0, 0.05) is 6.07 Å². The number of nitrogens with one attached hydrogen (secondary N) is 1. The van der Waals surface area contributed by atoms with Crippen LogP contribution in [0.25, 0.3) is 0 Å². The fraction of sp³-hybridized carbons (Fsp3) is 0.300. The molecule has 0 aliphatic rings. The van der Waals surface area contributed by atoms with Crippen molar-refractivity contribution in [2.75, 3.05) is 13.1 Å². The number of nitrogens with two attached hydrogens (primary N) is 1. The Labute approximate surface area is 105 Å². The van der Waals surface area contributed by atoms with E-state index in [1.165, 1.54) is 0 Å². The zero-order valence-corrected chi connectivity index (χ0v) is 9.53. The molecule has 0 fully saturated rings. The van der Waals surface area contributed by atoms with Crippen LogP contribution in [0.2, 0.25) is 0 Å². The Morgan fingerprint density at radius 3 is 2.58 bits per heavy atom. The quantitative estimate of drug-likeness (QED) is 0.621. The van der Waals surface area contributed by atoms with E-state index in [0.717, 1.165) is 12.1 Å². The Morgan fingerprint density at radius 2 is 2.11 bits per heavy atom. The van der Waals surface area contributed by atoms with E-state index < -0.39 is 46.9 Å². The van der Waals surface area contributed by atoms with Crippen LogP contribution in [0.15, 0.2) is 18.2 Å². The van der Waals surface area contributed by atoms with Gasteiger partial charge in [0.2, 0.25) is 0 Å². The second-order valence-electron chi connectivity index (χ2n) is 3.66. The maximum atomic E-state index is 13.4. The predicted octanol–water partition coefficient (Wildman–Crippen LogP) is 1.06. The lowest BCUT2D eigenvalue weighted by atomic mass is 10.1. The molecule has 104 valence electrons. The number of carbonyl (C=O) groups excluding carboxylic acids is 1. The second kappa shape index (κ2) is 5.65. The van der Waals surface area contributed by atoms with Crippen LogP contribution in [0.3, 0.4) is 0 Å². The van der Waals surface area contributed by atoms with Crippen molar-refractivity contribution >= 4 is 11.6 Å². The fourth-order valence-corrected chi connectivity index (χ4v) is 1.18. The van der Waals surface area contributed by atoms with Crippen LogP contribution >= 0.6 is 0 Å². The van der Waals surface area contributed by atoms with Crippen molar-refractivity contribution in [3.63, 3.8) is 0 Å². The zero-order valence-electron chi connectivity index (χ0n) is 9.53. The van der Waals surface area contributed by atoms with E-state index in [0.29, 0.717) is 6.07 Å². The predicted molar refractivity (Wildman–Crippen MR) is 59.4 cm³/mol. The second-order valence-corrected chi connectivity index (χ2v) is 3.66. The number of hydrogen-bond acceptors (Lipinski definition) is 4. The van der Waals surface area contributed by atoms with Crippen molar-refractivity contribution in [2.45, 2.75) is 5.92 Å². The van der Waals surface area contributed by atoms with Gasteiger partial charge in [0.15, 0.2) is 0 Å². The number of alkyl halides is 2. The zero-order chi connectivity index (χ0) is 14.6. The Balaban J connectivity index is 2.81. The molecule has 0 saturated carbocycles. The summed E-state index contributed by atoms with van der Waals surface area (Å²) in [5, 5.41) is 12.2. The minimum absolute atomic E-state index is 0.538. The smallest absolute Gasteiger partial charge is 0.277 e. The third-order valence-corrected chi connectivity index (χ3v) is 2.21. The number of non-ortho nitro benzene ring substituents is 1. The molecule has 1 aromatic rings. The van der Waals surface area contributed by atoms with Crippen LogP contribution in [0.4, 0.5) is 18.9 Å². The Morgan fingerprint density at radius 1 is 1.47 bits per heavy atom. The summed E-state index contributed by atoms with van der Waals surface area (Å²) in [6.45, 7) is -2.01. The van der Waals surface area contributed by atoms with E-state index in [9.17, 15) is 28.1 Å². The topological polar surface area (TPSA) is 98.3 Å². The average Bonchev–Trinajstić information content (AvgIpc) is 2.36. The molecule has 0 radical (unpaired) electrons. The van der Waals surface area contributed by atoms with Gasteiger partial charge in [-0.2, -0.15) is 0 Å². The molecule has 0 unspecified atom stereocenters. The highest BCUT2D eigenvalue weighted by Gasteiger charge is 2.28. The number of hydrogen-bond donors (Lipinski definition) is 2. The lowest BCUT2D eigenvalue weighted by Gasteiger charge is -2.14. The molecule has 9 heteroatoms. The van der Waals surface area contributed by atoms with Gasteiger partial charge in [0.05, 0.1) is 29.6 Å². The van der Waals surface area contributed by atoms with E-state index in [2.05, 4.69) is 0 Å². The minimum atomic E-state index is -3.30. The summed E-state index contributed by atoms with van der Waals surface area (Å²) in [5.74, 6) is -5.56. The first-order valence-electron chi connectivity index (χ1n) is 5.07. The summed E-state index contributed by atoms with van der Waals surface area (Å²) in [4.78, 5) is 20.9. The highest BCUT2D eigenvalue weighted by atomic mass is 19.3. The molecule has 0 aromatic heterocycles. The van der Waals surface area contributed by atoms with Crippen LogP contribution in [-0.2, 0) is 0 Å². The van der Waals surface area contributed by atoms with E-state index in [1.54, 1.807) is 5.32 Å². The summed E-state index contributed by atoms with van der Waals surface area (Å²) in [6.07, 6.45) is 0. The molecule has 1 aromatic carbocycles. The van der Waals surface area contributed by atoms with Gasteiger partial charge in [-0.3, -0.25) is 14.9 Å². The van der Waals surface area contributed by atoms with E-state index in [1.807, 2.05) is 0 Å². The minimum Gasteiger partial charge on any atom is -0.346 e. The summed E-state index contributed by atoms with van der Waals surface area (Å²) in [5.41, 5.74) is 3.67. The average molecular weight is 277 g/mol. The van der Waals surface area contributed by atoms with Crippen molar-refractivity contribution in [3.8, 4) is 0 Å². The highest BCUT2D eigenvalue weighted by Crippen LogP contribution is 2.17. The van der Waals surface area contributed by atoms with Gasteiger partial charge in [-0.25, -0.2) is 13.2 Å². The molecule has 1 rings (SSSR count). The Hall–Kier alpha value is -2.16. The number of nitro benzene ring substituents is 1. The maximum absolute atomic E-state index is 13.4. The summed E-state index contributed by atoms with van der Waals surface area (Å²) in [7, 11) is 0. The molecule has 6 nitrogen and oxygen atoms in total. The van der Waals surface area contributed by atoms with Gasteiger partial charge in [-0.15, -0.1) is 0 Å². The third kappa shape index (κ3) is 3.91. The summed E-state index contributed by atoms with van der Waals surface area (Å²) in [6, 6.07) is 2.29. The summed E-state index contributed by atoms with van der Waals surface area (Å²) < 4.78 is 38.9. The Bertz CT molecular complexity index is 508. The van der Waals surface area contributed by atoms with Gasteiger partial charge in [0.1, 0.15) is 5.82 Å². The van der Waals surface area contributed by atoms with Crippen LogP contribution in [-0.4, -0.2) is 29.8 Å². The van der Waals surface area contributed by atoms with Crippen molar-refractivity contribution in [1.82, 2.24) is 5.32 Å². The lowest BCUT2D eigenvalue weighted by molar-refractivity contribution is -0.385. The van der Waals surface area contributed by atoms with Crippen molar-refractivity contribution in [2.24, 2.45) is 5.73 Å². The monoisotopic (exact) mass is 277 g/mol. The van der Waals surface area contributed by atoms with Gasteiger partial charge in [0.25, 0.3) is 17.5 Å². The number of carbonyl (C=O) groups is 1. The Kier molecular flexibility index (Phi) is 4.43. The molecular formula is C10H10F3N3O3. The number of rotatable bonds is 5. The number of halogens is 3. The molecule has 0 heterocycles. The first kappa shape index (κ1) is 14.9. The first-order valence-corrected chi connectivity index (χ1v) is 5.07. The molecule has 0 aliphatic heterocycles. The highest BCUT2D eigenvalue weighted by molar-refractivity contribution is 5.94. The van der Waals surface area contributed by atoms with Gasteiger partial charge >= 0.3 is 0 Å². The van der Waals surface area contributed by atoms with Gasteiger partial charge in [-0.1, -0.05) is 0 Å². The largest absolute Gasteiger partial charge is 0.346 e. The van der Waals surface area contributed by atoms with E-state index in [-0.39, 0.29) is 0 Å². The van der Waals surface area contributed by atoms with Crippen LogP contribution in [0.1, 0.15) is 10.4 Å². The lowest BCUT2D eigenvalue weighted by Crippen LogP contribution is -2.41. The fourth-order valence-electron chi connectivity index (χ4n) is 1.18. The molecule has 0 saturated heterocycles. The number of nitro groups is 1. The van der Waals surface area contributed by atoms with Crippen molar-refractivity contribution < 1.29 is 22.9 Å². The van der Waals surface area contributed by atoms with Gasteiger partial charge in [-0.05, 0) is 6.07 Å². The van der Waals surface area contributed by atoms with Crippen molar-refractivity contribution in [3.05, 3.63) is 39.7 Å². The molecule has 19 heavy (non-hydrogen) atoms. The summed E-state index contributed by atoms with van der Waals surface area (Å²) >= 11 is 0. The molecule has 0 aliphatic carbocycles. The first-order chi connectivity index (χ1) is 8.76. The van der Waals surface area contributed by atoms with Gasteiger partial charge < -0.3 is 11.1 Å².